The second-order valence-corrected chi connectivity index (χ2v) is 20.7. The number of rotatable bonds is 12. The van der Waals surface area contributed by atoms with Crippen LogP contribution in [0.4, 0.5) is 11.4 Å². The minimum Gasteiger partial charge on any atom is -0.497 e. The number of aromatic nitrogens is 3. The molecule has 57 heavy (non-hydrogen) atoms. The topological polar surface area (TPSA) is 209 Å². The molecule has 3 aliphatic rings. The third kappa shape index (κ3) is 7.50. The summed E-state index contributed by atoms with van der Waals surface area (Å²) in [5.41, 5.74) is 1.80. The van der Waals surface area contributed by atoms with Crippen molar-refractivity contribution in [3.8, 4) is 5.75 Å². The zero-order valence-corrected chi connectivity index (χ0v) is 33.8. The van der Waals surface area contributed by atoms with Crippen LogP contribution in [-0.2, 0) is 44.2 Å². The van der Waals surface area contributed by atoms with Crippen molar-refractivity contribution in [1.29, 1.82) is 0 Å². The summed E-state index contributed by atoms with van der Waals surface area (Å²) < 4.78 is 19.5. The van der Waals surface area contributed by atoms with E-state index in [2.05, 4.69) is 47.8 Å². The number of hydrogen-bond acceptors (Lipinski definition) is 12. The number of benzene rings is 3. The summed E-state index contributed by atoms with van der Waals surface area (Å²) in [6, 6.07) is 20.3. The van der Waals surface area contributed by atoms with Gasteiger partial charge >= 0.3 is 0 Å². The number of carbonyl (C=O) groups is 2. The van der Waals surface area contributed by atoms with E-state index in [9.17, 15) is 30.3 Å². The molecule has 3 aliphatic heterocycles. The summed E-state index contributed by atoms with van der Waals surface area (Å²) in [6.45, 7) is 7.37. The van der Waals surface area contributed by atoms with Crippen molar-refractivity contribution in [2.45, 2.75) is 93.9 Å². The molecular formula is C40H48ClN5O10Si. The number of aliphatic hydroxyl groups excluding tert-OH is 5. The van der Waals surface area contributed by atoms with Crippen molar-refractivity contribution in [1.82, 2.24) is 15.0 Å². The van der Waals surface area contributed by atoms with Crippen LogP contribution >= 0.6 is 11.6 Å². The van der Waals surface area contributed by atoms with Crippen molar-refractivity contribution < 1.29 is 49.3 Å². The molecule has 7 rings (SSSR count). The van der Waals surface area contributed by atoms with Gasteiger partial charge in [-0.25, -0.2) is 0 Å². The summed E-state index contributed by atoms with van der Waals surface area (Å²) in [5, 5.41) is 62.1. The van der Waals surface area contributed by atoms with Crippen LogP contribution < -0.4 is 20.1 Å². The fourth-order valence-corrected chi connectivity index (χ4v) is 13.0. The Morgan fingerprint density at radius 1 is 1.02 bits per heavy atom. The Labute approximate surface area is 335 Å². The Balaban J connectivity index is 1.17. The van der Waals surface area contributed by atoms with Crippen molar-refractivity contribution >= 4 is 48.1 Å². The predicted octanol–water partition coefficient (Wildman–Crippen LogP) is 2.07. The van der Waals surface area contributed by atoms with Gasteiger partial charge in [0, 0.05) is 48.0 Å². The lowest BCUT2D eigenvalue weighted by Gasteiger charge is -2.37. The summed E-state index contributed by atoms with van der Waals surface area (Å²) >= 11 is 6.67. The maximum absolute atomic E-state index is 15.1. The van der Waals surface area contributed by atoms with Crippen LogP contribution in [0.25, 0.3) is 0 Å². The lowest BCUT2D eigenvalue weighted by atomic mass is 9.82. The molecule has 0 bridgehead atoms. The molecule has 6 N–H and O–H groups in total. The number of hydrogen-bond donors (Lipinski definition) is 6. The van der Waals surface area contributed by atoms with Gasteiger partial charge in [-0.1, -0.05) is 66.3 Å². The zero-order chi connectivity index (χ0) is 40.8. The Morgan fingerprint density at radius 3 is 2.42 bits per heavy atom. The molecule has 4 aromatic rings. The van der Waals surface area contributed by atoms with Crippen LogP contribution in [0.5, 0.6) is 5.75 Å². The highest BCUT2D eigenvalue weighted by molar-refractivity contribution is 6.91. The average Bonchev–Trinajstić information content (AvgIpc) is 3.84. The molecule has 0 saturated carbocycles. The molecule has 17 heteroatoms. The highest BCUT2D eigenvalue weighted by Gasteiger charge is 2.66. The number of methoxy groups -OCH3 is 1. The van der Waals surface area contributed by atoms with Crippen LogP contribution in [0.2, 0.25) is 23.7 Å². The highest BCUT2D eigenvalue weighted by Crippen LogP contribution is 2.60. The van der Waals surface area contributed by atoms with Gasteiger partial charge in [0.25, 0.3) is 11.8 Å². The van der Waals surface area contributed by atoms with E-state index >= 15 is 4.79 Å². The van der Waals surface area contributed by atoms with E-state index in [-0.39, 0.29) is 36.6 Å². The third-order valence-electron chi connectivity index (χ3n) is 11.8. The average molecular weight is 822 g/mol. The van der Waals surface area contributed by atoms with E-state index in [1.165, 1.54) is 5.19 Å². The number of anilines is 2. The summed E-state index contributed by atoms with van der Waals surface area (Å²) in [6.07, 6.45) is -6.34. The standard InChI is InChI=1S/C40H48ClN5O10Si/c1-22-36(57(3,4)28-12-10-27(54-2)11-13-28)31(15-17-45-21-26(16-18-47)43-44-45)56-40(22)29-19-24(41)7-14-30(29)46(39(40)53)20-23-5-8-25(9-6-23)42-37(51)35-33(49)32(48)34(50)38(52)55-35/h5-14,19,21-22,31-36,38,47-50,52H,15-18,20H2,1-4H3,(H,42,51)/t22-,31+,32-,33-,34+,35-,36-,38+,40+/m0/s1. The van der Waals surface area contributed by atoms with Crippen LogP contribution in [0, 0.1) is 5.92 Å². The number of amides is 2. The van der Waals surface area contributed by atoms with Gasteiger partial charge in [0.2, 0.25) is 0 Å². The minimum atomic E-state index is -2.42. The van der Waals surface area contributed by atoms with Gasteiger partial charge in [0.1, 0.15) is 24.1 Å². The fourth-order valence-electron chi connectivity index (χ4n) is 8.82. The first-order valence-corrected chi connectivity index (χ1v) is 22.4. The lowest BCUT2D eigenvalue weighted by molar-refractivity contribution is -0.274. The molecule has 0 unspecified atom stereocenters. The van der Waals surface area contributed by atoms with Crippen molar-refractivity contribution in [2.75, 3.05) is 23.9 Å². The molecular weight excluding hydrogens is 774 g/mol. The zero-order valence-electron chi connectivity index (χ0n) is 32.0. The molecule has 304 valence electrons. The van der Waals surface area contributed by atoms with E-state index in [4.69, 9.17) is 25.8 Å². The number of halogens is 1. The van der Waals surface area contributed by atoms with Crippen molar-refractivity contribution in [2.24, 2.45) is 5.92 Å². The van der Waals surface area contributed by atoms with Gasteiger partial charge in [0.05, 0.1) is 39.2 Å². The van der Waals surface area contributed by atoms with Gasteiger partial charge in [-0.15, -0.1) is 5.10 Å². The Kier molecular flexibility index (Phi) is 11.6. The van der Waals surface area contributed by atoms with Gasteiger partial charge in [-0.2, -0.15) is 0 Å². The molecule has 9 atom stereocenters. The maximum Gasteiger partial charge on any atom is 0.264 e. The SMILES string of the molecule is COc1ccc([Si](C)(C)[C@@H]2[C@@H](CCn3cc(CCO)nn3)O[C@]3(C(=O)N(Cc4ccc(NC(=O)[C@H]5O[C@@H](O)[C@H](O)[C@@H](O)[C@@H]5O)cc4)c4ccc(Cl)cc43)[C@H]2C)cc1. The predicted molar refractivity (Wildman–Crippen MR) is 212 cm³/mol. The number of carbonyl (C=O) groups excluding carboxylic acids is 2. The molecule has 15 nitrogen and oxygen atoms in total. The molecule has 1 spiro atoms. The van der Waals surface area contributed by atoms with E-state index < -0.39 is 50.3 Å². The fraction of sp³-hybridized carbons (Fsp3) is 0.450. The largest absolute Gasteiger partial charge is 0.497 e. The van der Waals surface area contributed by atoms with Crippen molar-refractivity contribution in [3.05, 3.63) is 94.8 Å². The molecule has 1 aromatic heterocycles. The van der Waals surface area contributed by atoms with E-state index in [1.807, 2.05) is 30.5 Å². The second-order valence-electron chi connectivity index (χ2n) is 15.5. The number of aliphatic hydroxyl groups is 5. The van der Waals surface area contributed by atoms with E-state index in [1.54, 1.807) is 47.0 Å². The van der Waals surface area contributed by atoms with Crippen LogP contribution in [0.15, 0.2) is 72.9 Å². The number of ether oxygens (including phenoxy) is 3. The quantitative estimate of drug-likeness (QED) is 0.114. The number of aryl methyl sites for hydroxylation is 1. The number of nitrogens with zero attached hydrogens (tertiary/aromatic N) is 4. The second kappa shape index (κ2) is 16.2. The van der Waals surface area contributed by atoms with E-state index in [0.29, 0.717) is 47.0 Å². The number of nitrogens with one attached hydrogen (secondary N) is 1. The third-order valence-corrected chi connectivity index (χ3v) is 16.4. The molecule has 0 radical (unpaired) electrons. The Bertz CT molecular complexity index is 2090. The first-order valence-electron chi connectivity index (χ1n) is 18.9. The first kappa shape index (κ1) is 40.9. The summed E-state index contributed by atoms with van der Waals surface area (Å²) in [5.74, 6) is -0.537. The molecule has 3 aromatic carbocycles. The minimum absolute atomic E-state index is 0.0258. The van der Waals surface area contributed by atoms with Crippen LogP contribution in [-0.4, -0.2) is 111 Å². The first-order chi connectivity index (χ1) is 27.2. The summed E-state index contributed by atoms with van der Waals surface area (Å²) in [4.78, 5) is 29.8. The molecule has 4 heterocycles. The Morgan fingerprint density at radius 2 is 1.74 bits per heavy atom. The van der Waals surface area contributed by atoms with Crippen LogP contribution in [0.1, 0.15) is 30.2 Å². The maximum atomic E-state index is 15.1. The van der Waals surface area contributed by atoms with Crippen LogP contribution in [0.3, 0.4) is 0 Å². The molecule has 2 fully saturated rings. The monoisotopic (exact) mass is 821 g/mol. The summed E-state index contributed by atoms with van der Waals surface area (Å²) in [7, 11) is -0.780. The molecule has 2 amide bonds. The smallest absolute Gasteiger partial charge is 0.264 e. The normalized spacial score (nSPS) is 28.5. The highest BCUT2D eigenvalue weighted by atomic mass is 35.5. The van der Waals surface area contributed by atoms with Gasteiger partial charge in [-0.05, 0) is 60.0 Å². The Hall–Kier alpha value is -4.23. The lowest BCUT2D eigenvalue weighted by Crippen LogP contribution is -2.60. The van der Waals surface area contributed by atoms with Crippen molar-refractivity contribution in [3.63, 3.8) is 0 Å². The number of fused-ring (bicyclic) bond motifs is 2. The van der Waals surface area contributed by atoms with Gasteiger partial charge < -0.3 is 50.0 Å². The van der Waals surface area contributed by atoms with Gasteiger partial charge in [-0.3, -0.25) is 14.3 Å². The van der Waals surface area contributed by atoms with E-state index in [0.717, 1.165) is 11.3 Å². The molecule has 2 saturated heterocycles. The van der Waals surface area contributed by atoms with Gasteiger partial charge in [0.15, 0.2) is 18.0 Å². The molecule has 0 aliphatic carbocycles.